The molecule has 41 heavy (non-hydrogen) atoms. The zero-order chi connectivity index (χ0) is 29.1. The van der Waals surface area contributed by atoms with Crippen molar-refractivity contribution in [2.24, 2.45) is 16.8 Å². The lowest BCUT2D eigenvalue weighted by molar-refractivity contribution is -0.125. The maximum absolute atomic E-state index is 12.4. The molecule has 2 heterocycles. The number of allylic oxidation sites excluding steroid dienone is 1. The van der Waals surface area contributed by atoms with Gasteiger partial charge in [-0.2, -0.15) is 4.99 Å². The van der Waals surface area contributed by atoms with E-state index in [0.29, 0.717) is 35.0 Å². The molecule has 3 fully saturated rings. The number of nitrogen functional groups attached to an aromatic ring is 1. The highest BCUT2D eigenvalue weighted by molar-refractivity contribution is 6.08. The summed E-state index contributed by atoms with van der Waals surface area (Å²) in [7, 11) is 0. The Morgan fingerprint density at radius 1 is 1.15 bits per heavy atom. The maximum atomic E-state index is 12.4. The number of nitrogens with one attached hydrogen (secondary N) is 4. The summed E-state index contributed by atoms with van der Waals surface area (Å²) in [4.78, 5) is 61.6. The van der Waals surface area contributed by atoms with Crippen LogP contribution >= 0.6 is 0 Å². The first-order valence-corrected chi connectivity index (χ1v) is 13.4. The molecule has 5 unspecified atom stereocenters. The Balaban J connectivity index is 1.02. The molecule has 3 aliphatic rings. The van der Waals surface area contributed by atoms with Gasteiger partial charge in [0.2, 0.25) is 11.8 Å². The van der Waals surface area contributed by atoms with Gasteiger partial charge in [-0.05, 0) is 50.0 Å². The standard InChI is InChI=1S/C28H32N8O5/c1-3-4-21(35-28(40)36-25-24-16-10-20(16)41-26(24)25)34-23(38)8-7-22(37)32-12-15-11-31-19(13-30-15)27(39)33-18-6-5-14(2)9-17(18)29/h3-6,9,11,13,16,20,24-26H,7-8,10,12,29H2,1-2H3,(H,32,37)(H,33,39)(H2,34,35,36,38,40). The number of urea groups is 1. The first kappa shape index (κ1) is 27.9. The molecule has 2 saturated carbocycles. The van der Waals surface area contributed by atoms with E-state index in [-0.39, 0.29) is 49.0 Å². The summed E-state index contributed by atoms with van der Waals surface area (Å²) in [6.07, 6.45) is 7.17. The van der Waals surface area contributed by atoms with Gasteiger partial charge in [-0.3, -0.25) is 19.4 Å². The lowest BCUT2D eigenvalue weighted by Crippen LogP contribution is -2.34. The molecule has 0 bridgehead atoms. The third-order valence-electron chi connectivity index (χ3n) is 7.16. The molecular formula is C28H32N8O5. The van der Waals surface area contributed by atoms with Gasteiger partial charge >= 0.3 is 6.03 Å². The summed E-state index contributed by atoms with van der Waals surface area (Å²) >= 11 is 0. The number of hydrogen-bond donors (Lipinski definition) is 5. The van der Waals surface area contributed by atoms with Gasteiger partial charge in [-0.1, -0.05) is 12.1 Å². The highest BCUT2D eigenvalue weighted by Gasteiger charge is 2.70. The topological polar surface area (TPSA) is 190 Å². The normalized spacial score (nSPS) is 23.8. The van der Waals surface area contributed by atoms with E-state index in [1.165, 1.54) is 18.5 Å². The van der Waals surface area contributed by atoms with E-state index < -0.39 is 17.8 Å². The predicted octanol–water partition coefficient (Wildman–Crippen LogP) is 1.60. The zero-order valence-electron chi connectivity index (χ0n) is 22.7. The molecule has 1 saturated heterocycles. The molecule has 5 atom stereocenters. The number of nitrogens with zero attached hydrogens (tertiary/aromatic N) is 3. The summed E-state index contributed by atoms with van der Waals surface area (Å²) in [6.45, 7) is 3.70. The smallest absolute Gasteiger partial charge is 0.343 e. The monoisotopic (exact) mass is 560 g/mol. The molecule has 5 amide bonds. The van der Waals surface area contributed by atoms with Crippen LogP contribution in [0.1, 0.15) is 47.9 Å². The number of fused-ring (bicyclic) bond motifs is 3. The van der Waals surface area contributed by atoms with E-state index in [2.05, 4.69) is 36.2 Å². The van der Waals surface area contributed by atoms with Crippen LogP contribution in [0.4, 0.5) is 16.2 Å². The van der Waals surface area contributed by atoms with Crippen molar-refractivity contribution in [3.63, 3.8) is 0 Å². The van der Waals surface area contributed by atoms with Gasteiger partial charge in [-0.15, -0.1) is 0 Å². The fourth-order valence-electron chi connectivity index (χ4n) is 4.93. The quantitative estimate of drug-likeness (QED) is 0.174. The number of aliphatic imine (C=N–C) groups is 1. The Morgan fingerprint density at radius 2 is 1.95 bits per heavy atom. The summed E-state index contributed by atoms with van der Waals surface area (Å²) in [6, 6.07) is 4.73. The molecule has 214 valence electrons. The second kappa shape index (κ2) is 11.8. The number of ether oxygens (including phenoxy) is 1. The fourth-order valence-corrected chi connectivity index (χ4v) is 4.93. The number of rotatable bonds is 9. The molecular weight excluding hydrogens is 528 g/mol. The van der Waals surface area contributed by atoms with Crippen LogP contribution in [0.5, 0.6) is 0 Å². The molecule has 2 aromatic rings. The number of aryl methyl sites for hydroxylation is 1. The number of carbonyl (C=O) groups excluding carboxylic acids is 4. The third-order valence-corrected chi connectivity index (χ3v) is 7.16. The van der Waals surface area contributed by atoms with Gasteiger partial charge in [-0.25, -0.2) is 9.78 Å². The first-order valence-electron chi connectivity index (χ1n) is 13.4. The van der Waals surface area contributed by atoms with Gasteiger partial charge in [0.1, 0.15) is 11.5 Å². The lowest BCUT2D eigenvalue weighted by atomic mass is 10.2. The minimum absolute atomic E-state index is 0.0163. The Kier molecular flexibility index (Phi) is 8.06. The minimum Gasteiger partial charge on any atom is -0.397 e. The van der Waals surface area contributed by atoms with E-state index in [4.69, 9.17) is 10.5 Å². The van der Waals surface area contributed by atoms with E-state index in [1.54, 1.807) is 25.1 Å². The number of benzene rings is 1. The number of amidine groups is 1. The Morgan fingerprint density at radius 3 is 2.63 bits per heavy atom. The van der Waals surface area contributed by atoms with Crippen molar-refractivity contribution in [1.82, 2.24) is 25.9 Å². The second-order valence-corrected chi connectivity index (χ2v) is 10.4. The van der Waals surface area contributed by atoms with Gasteiger partial charge in [0.05, 0.1) is 54.3 Å². The molecule has 2 aliphatic carbocycles. The van der Waals surface area contributed by atoms with Crippen LogP contribution in [0.2, 0.25) is 0 Å². The zero-order valence-corrected chi connectivity index (χ0v) is 22.7. The van der Waals surface area contributed by atoms with Gasteiger partial charge in [0.15, 0.2) is 0 Å². The van der Waals surface area contributed by atoms with Crippen LogP contribution in [-0.4, -0.2) is 57.8 Å². The van der Waals surface area contributed by atoms with Crippen molar-refractivity contribution in [3.05, 3.63) is 59.7 Å². The Hall–Kier alpha value is -4.65. The fraction of sp³-hybridized carbons (Fsp3) is 0.393. The summed E-state index contributed by atoms with van der Waals surface area (Å²) in [5, 5.41) is 10.8. The van der Waals surface area contributed by atoms with Crippen LogP contribution < -0.4 is 27.0 Å². The average molecular weight is 561 g/mol. The number of amides is 5. The molecule has 1 aromatic heterocycles. The highest BCUT2D eigenvalue weighted by Crippen LogP contribution is 2.61. The molecule has 13 nitrogen and oxygen atoms in total. The number of hydrogen-bond acceptors (Lipinski definition) is 8. The molecule has 0 radical (unpaired) electrons. The molecule has 5 rings (SSSR count). The van der Waals surface area contributed by atoms with Crippen LogP contribution in [0.25, 0.3) is 0 Å². The average Bonchev–Trinajstić information content (AvgIpc) is 3.82. The molecule has 1 aromatic carbocycles. The maximum Gasteiger partial charge on any atom is 0.343 e. The molecule has 13 heteroatoms. The number of carbonyl (C=O) groups is 4. The van der Waals surface area contributed by atoms with Gasteiger partial charge < -0.3 is 31.7 Å². The van der Waals surface area contributed by atoms with E-state index >= 15 is 0 Å². The van der Waals surface area contributed by atoms with Crippen LogP contribution in [0, 0.1) is 18.8 Å². The number of aromatic nitrogens is 2. The van der Waals surface area contributed by atoms with E-state index in [1.807, 2.05) is 13.0 Å². The first-order chi connectivity index (χ1) is 19.7. The van der Waals surface area contributed by atoms with Crippen molar-refractivity contribution in [2.45, 2.75) is 57.9 Å². The summed E-state index contributed by atoms with van der Waals surface area (Å²) < 4.78 is 5.77. The molecule has 6 N–H and O–H groups in total. The highest BCUT2D eigenvalue weighted by atomic mass is 16.5. The summed E-state index contributed by atoms with van der Waals surface area (Å²) in [5.41, 5.74) is 8.35. The Labute approximate surface area is 236 Å². The van der Waals surface area contributed by atoms with Crippen LogP contribution in [-0.2, 0) is 20.9 Å². The van der Waals surface area contributed by atoms with Crippen LogP contribution in [0.15, 0.2) is 47.7 Å². The second-order valence-electron chi connectivity index (χ2n) is 10.4. The van der Waals surface area contributed by atoms with Gasteiger partial charge in [0.25, 0.3) is 5.91 Å². The van der Waals surface area contributed by atoms with Crippen LogP contribution in [0.3, 0.4) is 0 Å². The molecule has 1 aliphatic heterocycles. The van der Waals surface area contributed by atoms with Crippen molar-refractivity contribution in [2.75, 3.05) is 11.1 Å². The third kappa shape index (κ3) is 6.92. The van der Waals surface area contributed by atoms with E-state index in [0.717, 1.165) is 12.0 Å². The van der Waals surface area contributed by atoms with E-state index in [9.17, 15) is 19.2 Å². The van der Waals surface area contributed by atoms with Crippen molar-refractivity contribution in [1.29, 1.82) is 0 Å². The van der Waals surface area contributed by atoms with Crippen molar-refractivity contribution in [3.8, 4) is 0 Å². The van der Waals surface area contributed by atoms with Crippen molar-refractivity contribution < 1.29 is 23.9 Å². The van der Waals surface area contributed by atoms with Gasteiger partial charge in [0, 0.05) is 18.8 Å². The number of nitrogens with two attached hydrogens (primary N) is 1. The largest absolute Gasteiger partial charge is 0.397 e. The number of anilines is 2. The lowest BCUT2D eigenvalue weighted by Gasteiger charge is -2.09. The van der Waals surface area contributed by atoms with Crippen molar-refractivity contribution >= 4 is 41.0 Å². The summed E-state index contributed by atoms with van der Waals surface area (Å²) in [5.74, 6) is -0.270. The SMILES string of the molecule is CC=C/C(=N\C(=O)NC1C2OC3CC3C12)NC(=O)CCC(=O)NCc1cnc(C(=O)Nc2ccc(C)cc2N)cn1. The predicted molar refractivity (Wildman–Crippen MR) is 150 cm³/mol. The minimum atomic E-state index is -0.541. The molecule has 0 spiro atoms. The Bertz CT molecular complexity index is 1420.